The molecule has 2 fully saturated rings. The van der Waals surface area contributed by atoms with Gasteiger partial charge in [-0.15, -0.1) is 0 Å². The van der Waals surface area contributed by atoms with E-state index in [1.165, 1.54) is 12.8 Å². The van der Waals surface area contributed by atoms with Crippen LogP contribution in [0, 0.1) is 0 Å². The lowest BCUT2D eigenvalue weighted by Crippen LogP contribution is -2.55. The maximum Gasteiger partial charge on any atom is 0.240 e. The molecule has 1 atom stereocenters. The zero-order valence-corrected chi connectivity index (χ0v) is 12.6. The molecule has 6 heteroatoms. The molecule has 114 valence electrons. The van der Waals surface area contributed by atoms with Crippen LogP contribution < -0.4 is 4.90 Å². The minimum Gasteiger partial charge on any atom is -0.338 e. The number of carbonyl (C=O) groups is 1. The van der Waals surface area contributed by atoms with Crippen molar-refractivity contribution in [2.75, 3.05) is 44.7 Å². The van der Waals surface area contributed by atoms with Crippen LogP contribution in [0.5, 0.6) is 0 Å². The summed E-state index contributed by atoms with van der Waals surface area (Å²) in [5, 5.41) is 0. The van der Waals surface area contributed by atoms with Crippen LogP contribution in [-0.4, -0.2) is 71.5 Å². The maximum atomic E-state index is 12.6. The van der Waals surface area contributed by atoms with Crippen molar-refractivity contribution in [1.29, 1.82) is 0 Å². The number of rotatable bonds is 2. The SMILES string of the molecule is CN1CCCCC1C(=O)N1CCN(c2ncccn2)CC1. The first kappa shape index (κ1) is 14.3. The second kappa shape index (κ2) is 6.39. The molecule has 0 aliphatic carbocycles. The second-order valence-electron chi connectivity index (χ2n) is 5.85. The molecule has 1 aromatic rings. The molecule has 1 aromatic heterocycles. The molecule has 0 aromatic carbocycles. The number of anilines is 1. The van der Waals surface area contributed by atoms with Gasteiger partial charge in [-0.1, -0.05) is 6.42 Å². The number of likely N-dealkylation sites (tertiary alicyclic amines) is 1. The molecule has 6 nitrogen and oxygen atoms in total. The number of aromatic nitrogens is 2. The van der Waals surface area contributed by atoms with Crippen molar-refractivity contribution in [3.63, 3.8) is 0 Å². The number of carbonyl (C=O) groups excluding carboxylic acids is 1. The van der Waals surface area contributed by atoms with Crippen LogP contribution in [0.4, 0.5) is 5.95 Å². The smallest absolute Gasteiger partial charge is 0.240 e. The normalized spacial score (nSPS) is 24.1. The average Bonchev–Trinajstić information content (AvgIpc) is 2.56. The number of piperidine rings is 1. The van der Waals surface area contributed by atoms with Crippen molar-refractivity contribution in [2.24, 2.45) is 0 Å². The third-order valence-electron chi connectivity index (χ3n) is 4.48. The van der Waals surface area contributed by atoms with Gasteiger partial charge in [0.05, 0.1) is 6.04 Å². The Bertz CT molecular complexity index is 472. The van der Waals surface area contributed by atoms with Gasteiger partial charge >= 0.3 is 0 Å². The lowest BCUT2D eigenvalue weighted by atomic mass is 10.0. The Balaban J connectivity index is 1.57. The first-order valence-corrected chi connectivity index (χ1v) is 7.77. The lowest BCUT2D eigenvalue weighted by Gasteiger charge is -2.39. The fraction of sp³-hybridized carbons (Fsp3) is 0.667. The first-order valence-electron chi connectivity index (χ1n) is 7.77. The molecule has 2 aliphatic heterocycles. The van der Waals surface area contributed by atoms with Gasteiger partial charge in [-0.3, -0.25) is 9.69 Å². The Hall–Kier alpha value is -1.69. The van der Waals surface area contributed by atoms with Crippen LogP contribution in [0.1, 0.15) is 19.3 Å². The molecular weight excluding hydrogens is 266 g/mol. The van der Waals surface area contributed by atoms with Crippen LogP contribution in [0.3, 0.4) is 0 Å². The van der Waals surface area contributed by atoms with E-state index in [0.717, 1.165) is 45.1 Å². The van der Waals surface area contributed by atoms with Gasteiger partial charge in [-0.05, 0) is 32.5 Å². The number of hydrogen-bond donors (Lipinski definition) is 0. The third kappa shape index (κ3) is 3.15. The topological polar surface area (TPSA) is 52.6 Å². The second-order valence-corrected chi connectivity index (χ2v) is 5.85. The lowest BCUT2D eigenvalue weighted by molar-refractivity contribution is -0.138. The Kier molecular flexibility index (Phi) is 4.34. The summed E-state index contributed by atoms with van der Waals surface area (Å²) in [6.07, 6.45) is 6.89. The van der Waals surface area contributed by atoms with Gasteiger partial charge in [0.15, 0.2) is 0 Å². The quantitative estimate of drug-likeness (QED) is 0.798. The molecule has 0 bridgehead atoms. The molecule has 0 spiro atoms. The van der Waals surface area contributed by atoms with E-state index in [4.69, 9.17) is 0 Å². The average molecular weight is 289 g/mol. The molecule has 1 amide bonds. The van der Waals surface area contributed by atoms with E-state index in [1.807, 2.05) is 11.0 Å². The summed E-state index contributed by atoms with van der Waals surface area (Å²) >= 11 is 0. The Morgan fingerprint density at radius 3 is 2.48 bits per heavy atom. The van der Waals surface area contributed by atoms with E-state index < -0.39 is 0 Å². The Morgan fingerprint density at radius 1 is 1.10 bits per heavy atom. The monoisotopic (exact) mass is 289 g/mol. The summed E-state index contributed by atoms with van der Waals surface area (Å²) in [6.45, 7) is 4.19. The van der Waals surface area contributed by atoms with E-state index in [-0.39, 0.29) is 6.04 Å². The highest BCUT2D eigenvalue weighted by atomic mass is 16.2. The van der Waals surface area contributed by atoms with Gasteiger partial charge in [-0.2, -0.15) is 0 Å². The molecular formula is C15H23N5O. The molecule has 2 saturated heterocycles. The van der Waals surface area contributed by atoms with Gasteiger partial charge in [0.1, 0.15) is 0 Å². The van der Waals surface area contributed by atoms with Gasteiger partial charge in [0.25, 0.3) is 0 Å². The predicted molar refractivity (Wildman–Crippen MR) is 81.1 cm³/mol. The molecule has 0 radical (unpaired) electrons. The molecule has 3 heterocycles. The van der Waals surface area contributed by atoms with E-state index in [9.17, 15) is 4.79 Å². The summed E-state index contributed by atoms with van der Waals surface area (Å²) in [5.74, 6) is 1.06. The number of nitrogens with zero attached hydrogens (tertiary/aromatic N) is 5. The Morgan fingerprint density at radius 2 is 1.81 bits per heavy atom. The minimum atomic E-state index is 0.0817. The van der Waals surface area contributed by atoms with Crippen LogP contribution in [0.2, 0.25) is 0 Å². The number of likely N-dealkylation sites (N-methyl/N-ethyl adjacent to an activating group) is 1. The first-order chi connectivity index (χ1) is 10.3. The van der Waals surface area contributed by atoms with Crippen LogP contribution in [0.25, 0.3) is 0 Å². The highest BCUT2D eigenvalue weighted by Gasteiger charge is 2.31. The molecule has 1 unspecified atom stereocenters. The zero-order chi connectivity index (χ0) is 14.7. The minimum absolute atomic E-state index is 0.0817. The predicted octanol–water partition coefficient (Wildman–Crippen LogP) is 0.609. The number of amides is 1. The van der Waals surface area contributed by atoms with E-state index >= 15 is 0 Å². The molecule has 21 heavy (non-hydrogen) atoms. The van der Waals surface area contributed by atoms with Crippen molar-refractivity contribution in [1.82, 2.24) is 19.8 Å². The summed E-state index contributed by atoms with van der Waals surface area (Å²) in [6, 6.07) is 1.90. The zero-order valence-electron chi connectivity index (χ0n) is 12.6. The van der Waals surface area contributed by atoms with Crippen molar-refractivity contribution in [3.05, 3.63) is 18.5 Å². The molecule has 0 saturated carbocycles. The van der Waals surface area contributed by atoms with E-state index in [2.05, 4.69) is 26.8 Å². The van der Waals surface area contributed by atoms with Crippen LogP contribution in [-0.2, 0) is 4.79 Å². The Labute approximate surface area is 125 Å². The van der Waals surface area contributed by atoms with Crippen LogP contribution >= 0.6 is 0 Å². The summed E-state index contributed by atoms with van der Waals surface area (Å²) < 4.78 is 0. The molecule has 2 aliphatic rings. The van der Waals surface area contributed by atoms with Crippen molar-refractivity contribution in [3.8, 4) is 0 Å². The van der Waals surface area contributed by atoms with Crippen molar-refractivity contribution >= 4 is 11.9 Å². The molecule has 3 rings (SSSR count). The summed E-state index contributed by atoms with van der Waals surface area (Å²) in [7, 11) is 2.07. The largest absolute Gasteiger partial charge is 0.338 e. The highest BCUT2D eigenvalue weighted by Crippen LogP contribution is 2.18. The number of piperazine rings is 1. The summed E-state index contributed by atoms with van der Waals surface area (Å²) in [5.41, 5.74) is 0. The number of hydrogen-bond acceptors (Lipinski definition) is 5. The van der Waals surface area contributed by atoms with Gasteiger partial charge < -0.3 is 9.80 Å². The van der Waals surface area contributed by atoms with E-state index in [0.29, 0.717) is 5.91 Å². The standard InChI is InChI=1S/C15H23N5O/c1-18-8-3-2-5-13(18)14(21)19-9-11-20(12-10-19)15-16-6-4-7-17-15/h4,6-7,13H,2-3,5,8-12H2,1H3. The highest BCUT2D eigenvalue weighted by molar-refractivity contribution is 5.82. The fourth-order valence-corrected chi connectivity index (χ4v) is 3.18. The molecule has 0 N–H and O–H groups in total. The summed E-state index contributed by atoms with van der Waals surface area (Å²) in [4.78, 5) is 27.6. The van der Waals surface area contributed by atoms with Crippen LogP contribution in [0.15, 0.2) is 18.5 Å². The third-order valence-corrected chi connectivity index (χ3v) is 4.48. The van der Waals surface area contributed by atoms with Crippen molar-refractivity contribution in [2.45, 2.75) is 25.3 Å². The van der Waals surface area contributed by atoms with Gasteiger partial charge in [0, 0.05) is 38.6 Å². The van der Waals surface area contributed by atoms with Crippen molar-refractivity contribution < 1.29 is 4.79 Å². The fourth-order valence-electron chi connectivity index (χ4n) is 3.18. The van der Waals surface area contributed by atoms with Gasteiger partial charge in [-0.25, -0.2) is 9.97 Å². The van der Waals surface area contributed by atoms with E-state index in [1.54, 1.807) is 12.4 Å². The maximum absolute atomic E-state index is 12.6. The van der Waals surface area contributed by atoms with Gasteiger partial charge in [0.2, 0.25) is 11.9 Å².